The third-order valence-corrected chi connectivity index (χ3v) is 5.46. The summed E-state index contributed by atoms with van der Waals surface area (Å²) >= 11 is 0. The first kappa shape index (κ1) is 16.5. The highest BCUT2D eigenvalue weighted by molar-refractivity contribution is 5.46. The van der Waals surface area contributed by atoms with Gasteiger partial charge in [-0.05, 0) is 44.0 Å². The predicted molar refractivity (Wildman–Crippen MR) is 104 cm³/mol. The Hall–Kier alpha value is -2.00. The summed E-state index contributed by atoms with van der Waals surface area (Å²) in [6.45, 7) is 10.0. The summed E-state index contributed by atoms with van der Waals surface area (Å²) < 4.78 is 6.19. The Labute approximate surface area is 151 Å². The molecule has 0 aliphatic carbocycles. The van der Waals surface area contributed by atoms with Gasteiger partial charge in [0, 0.05) is 44.3 Å². The SMILES string of the molecule is CC1(C)CC(CN2CCN(c3ccccc3)CC2)c2ccccc2O1. The highest BCUT2D eigenvalue weighted by Gasteiger charge is 2.34. The zero-order valence-electron chi connectivity index (χ0n) is 15.3. The number of ether oxygens (including phenoxy) is 1. The van der Waals surface area contributed by atoms with Gasteiger partial charge in [-0.15, -0.1) is 0 Å². The molecule has 132 valence electrons. The summed E-state index contributed by atoms with van der Waals surface area (Å²) in [5, 5.41) is 0. The molecule has 3 nitrogen and oxygen atoms in total. The molecule has 2 aliphatic rings. The van der Waals surface area contributed by atoms with Gasteiger partial charge in [-0.25, -0.2) is 0 Å². The van der Waals surface area contributed by atoms with Crippen molar-refractivity contribution in [2.24, 2.45) is 0 Å². The van der Waals surface area contributed by atoms with Crippen molar-refractivity contribution in [2.75, 3.05) is 37.6 Å². The van der Waals surface area contributed by atoms with Crippen LogP contribution in [-0.4, -0.2) is 43.2 Å². The van der Waals surface area contributed by atoms with E-state index in [4.69, 9.17) is 4.74 Å². The van der Waals surface area contributed by atoms with Crippen molar-refractivity contribution in [1.29, 1.82) is 0 Å². The summed E-state index contributed by atoms with van der Waals surface area (Å²) in [5.74, 6) is 1.63. The Morgan fingerprint density at radius 2 is 1.60 bits per heavy atom. The van der Waals surface area contributed by atoms with Gasteiger partial charge < -0.3 is 9.64 Å². The molecule has 4 rings (SSSR count). The van der Waals surface area contributed by atoms with E-state index in [1.807, 2.05) is 0 Å². The molecule has 2 heterocycles. The summed E-state index contributed by atoms with van der Waals surface area (Å²) in [4.78, 5) is 5.13. The zero-order chi connectivity index (χ0) is 17.3. The molecular weight excluding hydrogens is 308 g/mol. The molecule has 2 aliphatic heterocycles. The lowest BCUT2D eigenvalue weighted by molar-refractivity contribution is 0.0633. The maximum Gasteiger partial charge on any atom is 0.123 e. The number of hydrogen-bond donors (Lipinski definition) is 0. The lowest BCUT2D eigenvalue weighted by Gasteiger charge is -2.42. The fraction of sp³-hybridized carbons (Fsp3) is 0.455. The lowest BCUT2D eigenvalue weighted by atomic mass is 9.84. The smallest absolute Gasteiger partial charge is 0.123 e. The van der Waals surface area contributed by atoms with E-state index in [1.54, 1.807) is 0 Å². The van der Waals surface area contributed by atoms with Gasteiger partial charge in [0.05, 0.1) is 0 Å². The van der Waals surface area contributed by atoms with Crippen LogP contribution in [0.15, 0.2) is 54.6 Å². The van der Waals surface area contributed by atoms with Crippen LogP contribution in [0.5, 0.6) is 5.75 Å². The molecule has 3 heteroatoms. The maximum absolute atomic E-state index is 6.19. The molecule has 2 aromatic rings. The number of anilines is 1. The lowest BCUT2D eigenvalue weighted by Crippen LogP contribution is -2.48. The Morgan fingerprint density at radius 3 is 2.36 bits per heavy atom. The van der Waals surface area contributed by atoms with E-state index in [2.05, 4.69) is 78.2 Å². The van der Waals surface area contributed by atoms with Crippen molar-refractivity contribution < 1.29 is 4.74 Å². The van der Waals surface area contributed by atoms with Crippen LogP contribution in [0, 0.1) is 0 Å². The van der Waals surface area contributed by atoms with Gasteiger partial charge in [-0.3, -0.25) is 4.90 Å². The molecule has 0 radical (unpaired) electrons. The molecule has 0 amide bonds. The van der Waals surface area contributed by atoms with E-state index in [1.165, 1.54) is 11.3 Å². The van der Waals surface area contributed by atoms with Gasteiger partial charge in [-0.1, -0.05) is 36.4 Å². The number of rotatable bonds is 3. The minimum Gasteiger partial charge on any atom is -0.488 e. The number of benzene rings is 2. The molecule has 0 bridgehead atoms. The van der Waals surface area contributed by atoms with Crippen LogP contribution in [-0.2, 0) is 0 Å². The van der Waals surface area contributed by atoms with Crippen molar-refractivity contribution in [1.82, 2.24) is 4.90 Å². The monoisotopic (exact) mass is 336 g/mol. The molecule has 1 saturated heterocycles. The molecule has 0 saturated carbocycles. The van der Waals surface area contributed by atoms with Crippen molar-refractivity contribution in [2.45, 2.75) is 31.8 Å². The number of hydrogen-bond acceptors (Lipinski definition) is 3. The highest BCUT2D eigenvalue weighted by atomic mass is 16.5. The van der Waals surface area contributed by atoms with Crippen LogP contribution in [0.3, 0.4) is 0 Å². The minimum absolute atomic E-state index is 0.0785. The Bertz CT molecular complexity index is 705. The molecular formula is C22H28N2O. The van der Waals surface area contributed by atoms with Crippen molar-refractivity contribution in [3.05, 3.63) is 60.2 Å². The van der Waals surface area contributed by atoms with Crippen LogP contribution < -0.4 is 9.64 Å². The fourth-order valence-electron chi connectivity index (χ4n) is 4.26. The van der Waals surface area contributed by atoms with Crippen LogP contribution in [0.1, 0.15) is 31.7 Å². The second-order valence-electron chi connectivity index (χ2n) is 7.92. The zero-order valence-corrected chi connectivity index (χ0v) is 15.3. The minimum atomic E-state index is -0.0785. The summed E-state index contributed by atoms with van der Waals surface area (Å²) in [6.07, 6.45) is 1.09. The number of para-hydroxylation sites is 2. The van der Waals surface area contributed by atoms with E-state index in [-0.39, 0.29) is 5.60 Å². The molecule has 1 unspecified atom stereocenters. The topological polar surface area (TPSA) is 15.7 Å². The van der Waals surface area contributed by atoms with Crippen LogP contribution in [0.25, 0.3) is 0 Å². The molecule has 0 N–H and O–H groups in total. The molecule has 1 fully saturated rings. The normalized spacial score (nSPS) is 23.0. The second-order valence-corrected chi connectivity index (χ2v) is 7.92. The maximum atomic E-state index is 6.19. The third kappa shape index (κ3) is 3.67. The molecule has 1 atom stereocenters. The predicted octanol–water partition coefficient (Wildman–Crippen LogP) is 4.15. The first-order valence-corrected chi connectivity index (χ1v) is 9.41. The van der Waals surface area contributed by atoms with Crippen LogP contribution in [0.4, 0.5) is 5.69 Å². The molecule has 25 heavy (non-hydrogen) atoms. The summed E-state index contributed by atoms with van der Waals surface area (Å²) in [7, 11) is 0. The van der Waals surface area contributed by atoms with Gasteiger partial charge in [0.2, 0.25) is 0 Å². The summed E-state index contributed by atoms with van der Waals surface area (Å²) in [6, 6.07) is 19.4. The van der Waals surface area contributed by atoms with E-state index in [0.29, 0.717) is 5.92 Å². The quantitative estimate of drug-likeness (QED) is 0.837. The van der Waals surface area contributed by atoms with Crippen molar-refractivity contribution >= 4 is 5.69 Å². The van der Waals surface area contributed by atoms with Gasteiger partial charge in [-0.2, -0.15) is 0 Å². The molecule has 0 aromatic heterocycles. The van der Waals surface area contributed by atoms with E-state index >= 15 is 0 Å². The fourth-order valence-corrected chi connectivity index (χ4v) is 4.26. The number of nitrogens with zero attached hydrogens (tertiary/aromatic N) is 2. The van der Waals surface area contributed by atoms with Crippen molar-refractivity contribution in [3.8, 4) is 5.75 Å². The van der Waals surface area contributed by atoms with E-state index < -0.39 is 0 Å². The Kier molecular flexibility index (Phi) is 4.43. The standard InChI is InChI=1S/C22H28N2O/c1-22(2)16-18(20-10-6-7-11-21(20)25-22)17-23-12-14-24(15-13-23)19-8-4-3-5-9-19/h3-11,18H,12-17H2,1-2H3. The molecule has 0 spiro atoms. The Morgan fingerprint density at radius 1 is 0.920 bits per heavy atom. The average molecular weight is 336 g/mol. The van der Waals surface area contributed by atoms with Crippen LogP contribution >= 0.6 is 0 Å². The van der Waals surface area contributed by atoms with Gasteiger partial charge in [0.1, 0.15) is 11.4 Å². The Balaban J connectivity index is 1.42. The highest BCUT2D eigenvalue weighted by Crippen LogP contribution is 2.41. The first-order valence-electron chi connectivity index (χ1n) is 9.41. The summed E-state index contributed by atoms with van der Waals surface area (Å²) in [5.41, 5.74) is 2.65. The number of piperazine rings is 1. The van der Waals surface area contributed by atoms with Crippen molar-refractivity contribution in [3.63, 3.8) is 0 Å². The van der Waals surface area contributed by atoms with Gasteiger partial charge in [0.15, 0.2) is 0 Å². The molecule has 2 aromatic carbocycles. The van der Waals surface area contributed by atoms with E-state index in [0.717, 1.165) is 44.9 Å². The average Bonchev–Trinajstić information content (AvgIpc) is 2.62. The first-order chi connectivity index (χ1) is 12.1. The van der Waals surface area contributed by atoms with Crippen LogP contribution in [0.2, 0.25) is 0 Å². The van der Waals surface area contributed by atoms with E-state index in [9.17, 15) is 0 Å². The number of fused-ring (bicyclic) bond motifs is 1. The largest absolute Gasteiger partial charge is 0.488 e. The second kappa shape index (κ2) is 6.72. The van der Waals surface area contributed by atoms with Gasteiger partial charge in [0.25, 0.3) is 0 Å². The van der Waals surface area contributed by atoms with Gasteiger partial charge >= 0.3 is 0 Å². The third-order valence-electron chi connectivity index (χ3n) is 5.46.